The highest BCUT2D eigenvalue weighted by atomic mass is 35.5. The highest BCUT2D eigenvalue weighted by Gasteiger charge is 2.25. The van der Waals surface area contributed by atoms with E-state index in [-0.39, 0.29) is 11.0 Å². The van der Waals surface area contributed by atoms with Crippen LogP contribution in [0.5, 0.6) is 0 Å². The summed E-state index contributed by atoms with van der Waals surface area (Å²) in [6.45, 7) is 6.09. The van der Waals surface area contributed by atoms with E-state index in [1.807, 2.05) is 27.8 Å². The third kappa shape index (κ3) is 2.32. The number of hydrogen-bond donors (Lipinski definition) is 1. The number of nitrogens with zero attached hydrogens (tertiary/aromatic N) is 2. The SMILES string of the molecule is Cn1c(C(C)(C)C)nc(-c2c(F)cccc2Cl)c1N. The molecule has 0 bridgehead atoms. The molecule has 0 saturated carbocycles. The van der Waals surface area contributed by atoms with Crippen molar-refractivity contribution in [3.05, 3.63) is 34.9 Å². The number of halogens is 2. The summed E-state index contributed by atoms with van der Waals surface area (Å²) < 4.78 is 15.7. The van der Waals surface area contributed by atoms with Crippen LogP contribution in [0.15, 0.2) is 18.2 Å². The van der Waals surface area contributed by atoms with Crippen LogP contribution in [0.2, 0.25) is 5.02 Å². The van der Waals surface area contributed by atoms with Crippen LogP contribution in [-0.4, -0.2) is 9.55 Å². The molecule has 5 heteroatoms. The highest BCUT2D eigenvalue weighted by Crippen LogP contribution is 2.36. The summed E-state index contributed by atoms with van der Waals surface area (Å²) >= 11 is 6.07. The van der Waals surface area contributed by atoms with E-state index in [0.29, 0.717) is 16.5 Å². The van der Waals surface area contributed by atoms with Crippen LogP contribution in [0, 0.1) is 5.82 Å². The van der Waals surface area contributed by atoms with Gasteiger partial charge in [-0.15, -0.1) is 0 Å². The molecule has 0 saturated heterocycles. The van der Waals surface area contributed by atoms with E-state index in [9.17, 15) is 4.39 Å². The van der Waals surface area contributed by atoms with Gasteiger partial charge in [-0.2, -0.15) is 0 Å². The fraction of sp³-hybridized carbons (Fsp3) is 0.357. The minimum absolute atomic E-state index is 0.182. The number of nitrogen functional groups attached to an aromatic ring is 1. The molecule has 0 amide bonds. The topological polar surface area (TPSA) is 43.8 Å². The summed E-state index contributed by atoms with van der Waals surface area (Å²) in [5.41, 5.74) is 6.52. The molecular formula is C14H17ClFN3. The minimum Gasteiger partial charge on any atom is -0.383 e. The van der Waals surface area contributed by atoms with Gasteiger partial charge < -0.3 is 10.3 Å². The summed E-state index contributed by atoms with van der Waals surface area (Å²) in [5.74, 6) is 0.786. The summed E-state index contributed by atoms with van der Waals surface area (Å²) in [5, 5.41) is 0.310. The molecule has 0 aliphatic heterocycles. The van der Waals surface area contributed by atoms with Crippen LogP contribution in [-0.2, 0) is 12.5 Å². The van der Waals surface area contributed by atoms with E-state index in [0.717, 1.165) is 5.82 Å². The quantitative estimate of drug-likeness (QED) is 0.865. The van der Waals surface area contributed by atoms with Crippen molar-refractivity contribution in [3.8, 4) is 11.3 Å². The monoisotopic (exact) mass is 281 g/mol. The Kier molecular flexibility index (Phi) is 3.31. The van der Waals surface area contributed by atoms with Gasteiger partial charge in [0.25, 0.3) is 0 Å². The number of anilines is 1. The molecule has 0 spiro atoms. The molecular weight excluding hydrogens is 265 g/mol. The van der Waals surface area contributed by atoms with Crippen LogP contribution in [0.3, 0.4) is 0 Å². The van der Waals surface area contributed by atoms with Crippen molar-refractivity contribution in [1.29, 1.82) is 0 Å². The Hall–Kier alpha value is -1.55. The van der Waals surface area contributed by atoms with Crippen LogP contribution in [0.4, 0.5) is 10.2 Å². The minimum atomic E-state index is -0.419. The van der Waals surface area contributed by atoms with Crippen molar-refractivity contribution in [2.75, 3.05) is 5.73 Å². The van der Waals surface area contributed by atoms with Crippen molar-refractivity contribution in [3.63, 3.8) is 0 Å². The van der Waals surface area contributed by atoms with Crippen LogP contribution in [0.1, 0.15) is 26.6 Å². The van der Waals surface area contributed by atoms with E-state index in [4.69, 9.17) is 17.3 Å². The van der Waals surface area contributed by atoms with Gasteiger partial charge in [-0.1, -0.05) is 38.4 Å². The second-order valence-corrected chi connectivity index (χ2v) is 5.98. The number of rotatable bonds is 1. The lowest BCUT2D eigenvalue weighted by atomic mass is 9.96. The molecule has 0 fully saturated rings. The summed E-state index contributed by atoms with van der Waals surface area (Å²) in [7, 11) is 1.82. The van der Waals surface area contributed by atoms with E-state index >= 15 is 0 Å². The molecule has 2 N–H and O–H groups in total. The number of aromatic nitrogens is 2. The molecule has 0 unspecified atom stereocenters. The lowest BCUT2D eigenvalue weighted by Gasteiger charge is -2.17. The molecule has 0 aliphatic carbocycles. The second-order valence-electron chi connectivity index (χ2n) is 5.57. The standard InChI is InChI=1S/C14H17ClFN3/c1-14(2,3)13-18-11(12(17)19(13)4)10-8(15)6-5-7-9(10)16/h5-7H,17H2,1-4H3. The first kappa shape index (κ1) is 13.9. The first-order valence-corrected chi connectivity index (χ1v) is 6.38. The normalized spacial score (nSPS) is 11.9. The maximum absolute atomic E-state index is 14.0. The molecule has 0 radical (unpaired) electrons. The van der Waals surface area contributed by atoms with Crippen LogP contribution in [0.25, 0.3) is 11.3 Å². The largest absolute Gasteiger partial charge is 0.383 e. The molecule has 3 nitrogen and oxygen atoms in total. The fourth-order valence-corrected chi connectivity index (χ4v) is 2.34. The Morgan fingerprint density at radius 3 is 2.42 bits per heavy atom. The Morgan fingerprint density at radius 1 is 1.32 bits per heavy atom. The van der Waals surface area contributed by atoms with Crippen LogP contribution >= 0.6 is 11.6 Å². The van der Waals surface area contributed by atoms with Gasteiger partial charge in [0, 0.05) is 12.5 Å². The average Bonchev–Trinajstić information content (AvgIpc) is 2.57. The molecule has 1 aromatic heterocycles. The Balaban J connectivity index is 2.72. The van der Waals surface area contributed by atoms with Gasteiger partial charge in [0.05, 0.1) is 10.6 Å². The van der Waals surface area contributed by atoms with Crippen molar-refractivity contribution in [2.24, 2.45) is 7.05 Å². The van der Waals surface area contributed by atoms with Gasteiger partial charge in [-0.3, -0.25) is 0 Å². The van der Waals surface area contributed by atoms with Gasteiger partial charge >= 0.3 is 0 Å². The van der Waals surface area contributed by atoms with E-state index in [2.05, 4.69) is 4.98 Å². The van der Waals surface area contributed by atoms with Crippen molar-refractivity contribution >= 4 is 17.4 Å². The van der Waals surface area contributed by atoms with Gasteiger partial charge in [-0.25, -0.2) is 9.37 Å². The van der Waals surface area contributed by atoms with Gasteiger partial charge in [0.2, 0.25) is 0 Å². The molecule has 19 heavy (non-hydrogen) atoms. The number of imidazole rings is 1. The molecule has 102 valence electrons. The fourth-order valence-electron chi connectivity index (χ4n) is 2.09. The Bertz CT molecular complexity index is 606. The summed E-state index contributed by atoms with van der Waals surface area (Å²) in [6, 6.07) is 4.54. The maximum Gasteiger partial charge on any atom is 0.134 e. The third-order valence-electron chi connectivity index (χ3n) is 3.01. The lowest BCUT2D eigenvalue weighted by molar-refractivity contribution is 0.524. The smallest absolute Gasteiger partial charge is 0.134 e. The summed E-state index contributed by atoms with van der Waals surface area (Å²) in [4.78, 5) is 4.49. The Labute approximate surface area is 117 Å². The first-order valence-electron chi connectivity index (χ1n) is 6.00. The van der Waals surface area contributed by atoms with Gasteiger partial charge in [-0.05, 0) is 12.1 Å². The average molecular weight is 282 g/mol. The molecule has 1 heterocycles. The maximum atomic E-state index is 14.0. The highest BCUT2D eigenvalue weighted by molar-refractivity contribution is 6.33. The Morgan fingerprint density at radius 2 is 1.95 bits per heavy atom. The zero-order valence-electron chi connectivity index (χ0n) is 11.5. The molecule has 0 aliphatic rings. The molecule has 2 aromatic rings. The zero-order chi connectivity index (χ0) is 14.4. The summed E-state index contributed by atoms with van der Waals surface area (Å²) in [6.07, 6.45) is 0. The number of benzene rings is 1. The van der Waals surface area contributed by atoms with Crippen molar-refractivity contribution in [1.82, 2.24) is 9.55 Å². The number of hydrogen-bond acceptors (Lipinski definition) is 2. The molecule has 1 aromatic carbocycles. The second kappa shape index (κ2) is 4.53. The van der Waals surface area contributed by atoms with E-state index in [1.54, 1.807) is 16.7 Å². The first-order chi connectivity index (χ1) is 8.73. The van der Waals surface area contributed by atoms with Crippen molar-refractivity contribution < 1.29 is 4.39 Å². The van der Waals surface area contributed by atoms with E-state index < -0.39 is 5.82 Å². The molecule has 2 rings (SSSR count). The number of nitrogens with two attached hydrogens (primary N) is 1. The predicted octanol–water partition coefficient (Wildman–Crippen LogP) is 3.76. The predicted molar refractivity (Wildman–Crippen MR) is 76.7 cm³/mol. The third-order valence-corrected chi connectivity index (χ3v) is 3.32. The lowest BCUT2D eigenvalue weighted by Crippen LogP contribution is -2.17. The van der Waals surface area contributed by atoms with Gasteiger partial charge in [0.15, 0.2) is 0 Å². The zero-order valence-corrected chi connectivity index (χ0v) is 12.2. The molecule has 0 atom stereocenters. The van der Waals surface area contributed by atoms with Gasteiger partial charge in [0.1, 0.15) is 23.2 Å². The van der Waals surface area contributed by atoms with Crippen molar-refractivity contribution in [2.45, 2.75) is 26.2 Å². The van der Waals surface area contributed by atoms with Crippen LogP contribution < -0.4 is 5.73 Å². The van der Waals surface area contributed by atoms with E-state index in [1.165, 1.54) is 6.07 Å².